The predicted octanol–water partition coefficient (Wildman–Crippen LogP) is 12.2. The second-order valence-corrected chi connectivity index (χ2v) is 34.2. The summed E-state index contributed by atoms with van der Waals surface area (Å²) in [7, 11) is 1.80. The van der Waals surface area contributed by atoms with E-state index in [1.165, 1.54) is 31.3 Å². The molecule has 7 N–H and O–H groups in total. The molecule has 0 atom stereocenters. The summed E-state index contributed by atoms with van der Waals surface area (Å²) in [5.74, 6) is 7.33. The van der Waals surface area contributed by atoms with Crippen LogP contribution in [-0.4, -0.2) is 178 Å². The van der Waals surface area contributed by atoms with Crippen molar-refractivity contribution in [1.29, 1.82) is 0 Å². The van der Waals surface area contributed by atoms with Gasteiger partial charge in [-0.2, -0.15) is 18.3 Å². The Morgan fingerprint density at radius 1 is 0.504 bits per heavy atom. The molecule has 24 rings (SSSR count). The van der Waals surface area contributed by atoms with Crippen molar-refractivity contribution < 1.29 is 50.0 Å². The van der Waals surface area contributed by atoms with Crippen LogP contribution in [0.4, 0.5) is 61.5 Å². The third-order valence-corrected chi connectivity index (χ3v) is 23.8. The maximum atomic E-state index is 13.3. The van der Waals surface area contributed by atoms with Crippen molar-refractivity contribution in [1.82, 2.24) is 113 Å². The van der Waals surface area contributed by atoms with E-state index in [2.05, 4.69) is 96.3 Å². The van der Waals surface area contributed by atoms with Gasteiger partial charge in [0.1, 0.15) is 68.2 Å². The lowest BCUT2D eigenvalue weighted by Crippen LogP contribution is -2.33. The molecule has 0 amide bonds. The standard InChI is InChI=1S/C21H22F3N7O2.C20H20F3N5O.C20H23N9O.C20H24N8O/c1-20(2)19-27-14-17(30(19)3-4-32-20)28-16(29-18(14)31-9-10-5-12(31)6-10)11-7-13(15(25)26-8-11)33-21(22,23)24;1-19(2)18-27-16-14(28(18)5-6-29-19)8-13(26-15(16)10-3-4-10)11-7-12(20(21,22)23)17(24)25-9-11;1-11(2)29-13(5-6-24-29)14-15-17(28-7-8-30-20(3,4)18(28)26-15)27-16(25-14)12-9-22-19(21)23-10-12;1-20(2)18-24-14-16(27(18)4-5-29-20)25-15(12-8-22-19(21-3)23-9-12)26-17(14)28-10-11-6-13(28)7-11/h7-8,10,12H,3-6,9H2,1-2H3,(H2,25,26);7-10H,3-6H2,1-2H3,(H2,24,25);5-6,9-11H,7-8H2,1-4H3,(H2,21,22,23);8-9,11,13H,4-7,10H2,1-3H3,(H,21,22,23). The number of nitrogens with zero attached hydrogens (tertiary/aromatic N) is 25. The van der Waals surface area contributed by atoms with Gasteiger partial charge < -0.3 is 74.3 Å². The zero-order chi connectivity index (χ0) is 84.5. The van der Waals surface area contributed by atoms with Crippen LogP contribution in [0.1, 0.15) is 154 Å². The Morgan fingerprint density at radius 3 is 1.45 bits per heavy atom. The third-order valence-electron chi connectivity index (χ3n) is 23.8. The van der Waals surface area contributed by atoms with E-state index in [0.29, 0.717) is 110 Å². The fraction of sp³-hybridized carbons (Fsp3) is 0.481. The number of anilines is 6. The molecule has 8 aliphatic heterocycles. The lowest BCUT2D eigenvalue weighted by atomic mass is 9.86. The predicted molar refractivity (Wildman–Crippen MR) is 434 cm³/mol. The van der Waals surface area contributed by atoms with Gasteiger partial charge in [0.15, 0.2) is 68.7 Å². The van der Waals surface area contributed by atoms with Crippen LogP contribution in [0.25, 0.3) is 101 Å². The minimum atomic E-state index is -4.89. The molecule has 7 fully saturated rings. The number of ether oxygens (including phenoxy) is 5. The zero-order valence-electron chi connectivity index (χ0n) is 68.4. The summed E-state index contributed by atoms with van der Waals surface area (Å²) in [6.07, 6.45) is 8.54. The highest BCUT2D eigenvalue weighted by atomic mass is 19.4. The minimum Gasteiger partial charge on any atom is -0.402 e. The topological polar surface area (TPSA) is 399 Å². The van der Waals surface area contributed by atoms with Gasteiger partial charge in [0, 0.05) is 125 Å². The Kier molecular flexibility index (Phi) is 18.8. The molecule has 34 nitrogen and oxygen atoms in total. The lowest BCUT2D eigenvalue weighted by molar-refractivity contribution is -0.274. The van der Waals surface area contributed by atoms with Crippen LogP contribution in [0.3, 0.4) is 0 Å². The molecule has 0 aromatic carbocycles. The van der Waals surface area contributed by atoms with E-state index < -0.39 is 52.1 Å². The summed E-state index contributed by atoms with van der Waals surface area (Å²) in [6.45, 7) is 27.0. The molecular weight excluding hydrogens is 1570 g/mol. The first-order valence-corrected chi connectivity index (χ1v) is 40.5. The molecule has 3 saturated carbocycles. The molecule has 0 unspecified atom stereocenters. The van der Waals surface area contributed by atoms with E-state index in [4.69, 9.17) is 91.0 Å². The number of hydrogen-bond acceptors (Lipinski definition) is 29. The second-order valence-electron chi connectivity index (χ2n) is 34.2. The number of nitrogens with two attached hydrogens (primary N) is 3. The lowest BCUT2D eigenvalue weighted by Gasteiger charge is -2.30. The van der Waals surface area contributed by atoms with E-state index >= 15 is 0 Å². The number of fused-ring (bicyclic) bond motifs is 14. The Morgan fingerprint density at radius 2 is 0.959 bits per heavy atom. The number of imidazole rings is 4. The molecule has 0 spiro atoms. The van der Waals surface area contributed by atoms with Crippen molar-refractivity contribution >= 4 is 79.7 Å². The molecule has 630 valence electrons. The molecule has 4 bridgehead atoms. The Hall–Kier alpha value is -12.0. The van der Waals surface area contributed by atoms with Crippen molar-refractivity contribution in [3.63, 3.8) is 0 Å². The molecule has 40 heteroatoms. The summed E-state index contributed by atoms with van der Waals surface area (Å²) in [5.41, 5.74) is 24.8. The number of nitrogens with one attached hydrogen (secondary N) is 1. The molecule has 0 radical (unpaired) electrons. The SMILES string of the molecule is CC(C)n1nccc1-c1nc(-c2cnc(N)nc2)nc2c1nc1n2CCOC1(C)C.CC1(C)OCCn2c1nc1c(C3CC3)nc(-c3cnc(N)c(C(F)(F)F)c3)cc12.CC1(C)OCCn2c1nc1c(N3CC4CC3C4)nc(-c3cnc(N)c(OC(F)(F)F)c3)nc12.CNc1ncc(-c2nc(N3CC4CC3C4)c3nc4n(c3n2)CCOC4(C)C)cn1. The maximum absolute atomic E-state index is 13.3. The molecule has 21 heterocycles. The minimum absolute atomic E-state index is 0.167. The smallest absolute Gasteiger partial charge is 0.402 e. The van der Waals surface area contributed by atoms with Gasteiger partial charge in [-0.05, 0) is 144 Å². The van der Waals surface area contributed by atoms with E-state index in [1.807, 2.05) is 56.9 Å². The van der Waals surface area contributed by atoms with Crippen molar-refractivity contribution in [2.24, 2.45) is 11.8 Å². The Balaban J connectivity index is 0.000000107. The number of nitrogen functional groups attached to an aromatic ring is 3. The first-order valence-electron chi connectivity index (χ1n) is 40.5. The van der Waals surface area contributed by atoms with E-state index in [0.717, 1.165) is 142 Å². The van der Waals surface area contributed by atoms with Crippen LogP contribution in [-0.2, 0) is 73.7 Å². The van der Waals surface area contributed by atoms with Crippen LogP contribution >= 0.6 is 0 Å². The van der Waals surface area contributed by atoms with Crippen molar-refractivity contribution in [3.8, 4) is 62.6 Å². The molecule has 3 aliphatic carbocycles. The Bertz CT molecular complexity index is 6240. The maximum Gasteiger partial charge on any atom is 0.573 e. The van der Waals surface area contributed by atoms with Gasteiger partial charge in [0.2, 0.25) is 11.9 Å². The highest BCUT2D eigenvalue weighted by molar-refractivity contribution is 5.91. The van der Waals surface area contributed by atoms with Crippen LogP contribution in [0.15, 0.2) is 67.6 Å². The van der Waals surface area contributed by atoms with Gasteiger partial charge in [-0.1, -0.05) is 0 Å². The van der Waals surface area contributed by atoms with Gasteiger partial charge in [-0.3, -0.25) is 9.67 Å². The van der Waals surface area contributed by atoms with Gasteiger partial charge in [-0.15, -0.1) is 13.2 Å². The number of halogens is 6. The highest BCUT2D eigenvalue weighted by Gasteiger charge is 2.48. The highest BCUT2D eigenvalue weighted by Crippen LogP contribution is 2.50. The molecule has 121 heavy (non-hydrogen) atoms. The fourth-order valence-corrected chi connectivity index (χ4v) is 17.5. The van der Waals surface area contributed by atoms with Gasteiger partial charge in [-0.25, -0.2) is 79.7 Å². The van der Waals surface area contributed by atoms with Crippen LogP contribution in [0.2, 0.25) is 0 Å². The fourth-order valence-electron chi connectivity index (χ4n) is 17.5. The Labute approximate surface area is 687 Å². The zero-order valence-corrected chi connectivity index (χ0v) is 68.4. The second kappa shape index (κ2) is 28.8. The van der Waals surface area contributed by atoms with Crippen LogP contribution in [0, 0.1) is 11.8 Å². The number of alkyl halides is 6. The molecule has 13 aromatic heterocycles. The summed E-state index contributed by atoms with van der Waals surface area (Å²) in [6, 6.07) is 7.06. The van der Waals surface area contributed by atoms with Crippen molar-refractivity contribution in [3.05, 3.63) is 102 Å². The summed E-state index contributed by atoms with van der Waals surface area (Å²) in [5, 5.41) is 7.43. The summed E-state index contributed by atoms with van der Waals surface area (Å²) >= 11 is 0. The molecule has 13 aromatic rings. The molecule has 11 aliphatic rings. The largest absolute Gasteiger partial charge is 0.573 e. The van der Waals surface area contributed by atoms with Gasteiger partial charge in [0.05, 0.1) is 65.7 Å². The number of rotatable bonds is 11. The summed E-state index contributed by atoms with van der Waals surface area (Å²) in [4.78, 5) is 82.6. The van der Waals surface area contributed by atoms with Crippen molar-refractivity contribution in [2.75, 3.05) is 78.9 Å². The molecule has 4 saturated heterocycles. The average molecular weight is 1660 g/mol. The van der Waals surface area contributed by atoms with Gasteiger partial charge >= 0.3 is 12.5 Å². The van der Waals surface area contributed by atoms with E-state index in [1.54, 1.807) is 44.1 Å². The number of hydrogen-bond donors (Lipinski definition) is 4. The monoisotopic (exact) mass is 1660 g/mol. The van der Waals surface area contributed by atoms with Gasteiger partial charge in [0.25, 0.3) is 0 Å². The first kappa shape index (κ1) is 78.8. The normalized spacial score (nSPS) is 20.6. The van der Waals surface area contributed by atoms with Crippen molar-refractivity contribution in [2.45, 2.75) is 193 Å². The molecular formula is C81H89F6N29O5. The number of pyridine rings is 3. The third kappa shape index (κ3) is 14.2. The number of aromatic nitrogens is 23. The first-order chi connectivity index (χ1) is 57.6. The van der Waals surface area contributed by atoms with E-state index in [9.17, 15) is 26.3 Å². The van der Waals surface area contributed by atoms with Crippen LogP contribution < -0.4 is 37.1 Å². The summed E-state index contributed by atoms with van der Waals surface area (Å²) < 4.78 is 117. The van der Waals surface area contributed by atoms with E-state index in [-0.39, 0.29) is 40.7 Å². The average Bonchev–Trinajstić information content (AvgIpc) is 1.59. The quantitative estimate of drug-likeness (QED) is 0.0874. The van der Waals surface area contributed by atoms with Crippen LogP contribution in [0.5, 0.6) is 5.75 Å².